The van der Waals surface area contributed by atoms with Crippen molar-refractivity contribution in [2.45, 2.75) is 38.1 Å². The summed E-state index contributed by atoms with van der Waals surface area (Å²) < 4.78 is 0. The number of aryl methyl sites for hydroxylation is 1. The SMILES string of the molecule is Cc1ccc(C=CC(=O)NC2(CO)CCCC2)s1. The Labute approximate surface area is 112 Å². The zero-order chi connectivity index (χ0) is 13.0. The van der Waals surface area contributed by atoms with Gasteiger partial charge in [0, 0.05) is 15.8 Å². The number of nitrogens with one attached hydrogen (secondary N) is 1. The van der Waals surface area contributed by atoms with E-state index in [9.17, 15) is 9.90 Å². The van der Waals surface area contributed by atoms with Crippen LogP contribution in [0, 0.1) is 6.92 Å². The first-order valence-corrected chi connectivity index (χ1v) is 7.13. The van der Waals surface area contributed by atoms with Crippen LogP contribution in [0.2, 0.25) is 0 Å². The number of amides is 1. The molecule has 0 saturated heterocycles. The minimum atomic E-state index is -0.382. The Hall–Kier alpha value is -1.13. The van der Waals surface area contributed by atoms with E-state index >= 15 is 0 Å². The van der Waals surface area contributed by atoms with E-state index in [1.807, 2.05) is 25.1 Å². The summed E-state index contributed by atoms with van der Waals surface area (Å²) >= 11 is 1.66. The Balaban J connectivity index is 1.94. The van der Waals surface area contributed by atoms with Crippen molar-refractivity contribution < 1.29 is 9.90 Å². The van der Waals surface area contributed by atoms with Gasteiger partial charge < -0.3 is 10.4 Å². The molecular weight excluding hydrogens is 246 g/mol. The smallest absolute Gasteiger partial charge is 0.244 e. The van der Waals surface area contributed by atoms with Gasteiger partial charge in [-0.05, 0) is 38.0 Å². The van der Waals surface area contributed by atoms with Gasteiger partial charge in [0.05, 0.1) is 12.1 Å². The van der Waals surface area contributed by atoms with Gasteiger partial charge in [0.25, 0.3) is 0 Å². The number of aliphatic hydroxyl groups excluding tert-OH is 1. The molecule has 0 atom stereocenters. The molecule has 4 heteroatoms. The molecule has 1 aliphatic carbocycles. The van der Waals surface area contributed by atoms with E-state index in [1.54, 1.807) is 17.4 Å². The van der Waals surface area contributed by atoms with Crippen LogP contribution < -0.4 is 5.32 Å². The highest BCUT2D eigenvalue weighted by atomic mass is 32.1. The highest BCUT2D eigenvalue weighted by Gasteiger charge is 2.33. The third-order valence-electron chi connectivity index (χ3n) is 3.41. The van der Waals surface area contributed by atoms with Crippen molar-refractivity contribution in [2.75, 3.05) is 6.61 Å². The predicted molar refractivity (Wildman–Crippen MR) is 74.5 cm³/mol. The molecule has 0 spiro atoms. The van der Waals surface area contributed by atoms with Gasteiger partial charge in [-0.15, -0.1) is 11.3 Å². The molecule has 0 unspecified atom stereocenters. The predicted octanol–water partition coefficient (Wildman–Crippen LogP) is 2.49. The second-order valence-corrected chi connectivity index (χ2v) is 6.24. The molecule has 1 fully saturated rings. The van der Waals surface area contributed by atoms with Crippen LogP contribution in [0.5, 0.6) is 0 Å². The average molecular weight is 265 g/mol. The highest BCUT2D eigenvalue weighted by molar-refractivity contribution is 7.12. The first-order valence-electron chi connectivity index (χ1n) is 6.31. The van der Waals surface area contributed by atoms with Crippen LogP contribution in [-0.2, 0) is 4.79 Å². The van der Waals surface area contributed by atoms with E-state index in [-0.39, 0.29) is 18.1 Å². The van der Waals surface area contributed by atoms with Gasteiger partial charge in [-0.2, -0.15) is 0 Å². The van der Waals surface area contributed by atoms with Gasteiger partial charge in [0.1, 0.15) is 0 Å². The number of carbonyl (C=O) groups is 1. The van der Waals surface area contributed by atoms with E-state index in [1.165, 1.54) is 4.88 Å². The van der Waals surface area contributed by atoms with Crippen molar-refractivity contribution in [1.82, 2.24) is 5.32 Å². The summed E-state index contributed by atoms with van der Waals surface area (Å²) in [4.78, 5) is 14.1. The van der Waals surface area contributed by atoms with Crippen LogP contribution in [0.15, 0.2) is 18.2 Å². The van der Waals surface area contributed by atoms with E-state index in [2.05, 4.69) is 5.32 Å². The van der Waals surface area contributed by atoms with Gasteiger partial charge in [-0.1, -0.05) is 12.8 Å². The zero-order valence-corrected chi connectivity index (χ0v) is 11.4. The van der Waals surface area contributed by atoms with E-state index in [0.29, 0.717) is 0 Å². The number of carbonyl (C=O) groups excluding carboxylic acids is 1. The summed E-state index contributed by atoms with van der Waals surface area (Å²) in [5.74, 6) is -0.114. The van der Waals surface area contributed by atoms with Crippen LogP contribution in [0.3, 0.4) is 0 Å². The summed E-state index contributed by atoms with van der Waals surface area (Å²) in [5, 5.41) is 12.4. The topological polar surface area (TPSA) is 49.3 Å². The molecule has 18 heavy (non-hydrogen) atoms. The molecule has 1 aliphatic rings. The van der Waals surface area contributed by atoms with Crippen LogP contribution in [-0.4, -0.2) is 23.2 Å². The lowest BCUT2D eigenvalue weighted by Crippen LogP contribution is -2.48. The molecule has 98 valence electrons. The zero-order valence-electron chi connectivity index (χ0n) is 10.6. The Morgan fingerprint density at radius 2 is 2.22 bits per heavy atom. The second-order valence-electron chi connectivity index (χ2n) is 4.92. The molecule has 0 radical (unpaired) electrons. The number of hydrogen-bond acceptors (Lipinski definition) is 3. The second kappa shape index (κ2) is 5.67. The molecule has 2 N–H and O–H groups in total. The minimum Gasteiger partial charge on any atom is -0.394 e. The van der Waals surface area contributed by atoms with Gasteiger partial charge in [0.2, 0.25) is 5.91 Å². The van der Waals surface area contributed by atoms with Crippen molar-refractivity contribution in [1.29, 1.82) is 0 Å². The first kappa shape index (κ1) is 13.3. The van der Waals surface area contributed by atoms with Crippen molar-refractivity contribution in [3.05, 3.63) is 28.0 Å². The molecule has 0 aromatic carbocycles. The highest BCUT2D eigenvalue weighted by Crippen LogP contribution is 2.29. The molecule has 0 bridgehead atoms. The largest absolute Gasteiger partial charge is 0.394 e. The lowest BCUT2D eigenvalue weighted by atomic mass is 9.99. The van der Waals surface area contributed by atoms with Gasteiger partial charge in [0.15, 0.2) is 0 Å². The molecule has 2 rings (SSSR count). The van der Waals surface area contributed by atoms with Crippen molar-refractivity contribution in [3.63, 3.8) is 0 Å². The fourth-order valence-electron chi connectivity index (χ4n) is 2.38. The third-order valence-corrected chi connectivity index (χ3v) is 4.38. The van der Waals surface area contributed by atoms with Gasteiger partial charge in [-0.3, -0.25) is 4.79 Å². The lowest BCUT2D eigenvalue weighted by molar-refractivity contribution is -0.118. The van der Waals surface area contributed by atoms with Crippen LogP contribution >= 0.6 is 11.3 Å². The summed E-state index contributed by atoms with van der Waals surface area (Å²) in [7, 11) is 0. The molecule has 1 aromatic heterocycles. The van der Waals surface area contributed by atoms with E-state index < -0.39 is 0 Å². The van der Waals surface area contributed by atoms with Crippen molar-refractivity contribution in [3.8, 4) is 0 Å². The molecule has 1 saturated carbocycles. The van der Waals surface area contributed by atoms with Crippen molar-refractivity contribution >= 4 is 23.3 Å². The maximum atomic E-state index is 11.8. The van der Waals surface area contributed by atoms with Crippen LogP contribution in [0.4, 0.5) is 0 Å². The Kier molecular flexibility index (Phi) is 4.19. The summed E-state index contributed by atoms with van der Waals surface area (Å²) in [6.07, 6.45) is 7.29. The molecule has 3 nitrogen and oxygen atoms in total. The van der Waals surface area contributed by atoms with Gasteiger partial charge in [-0.25, -0.2) is 0 Å². The number of hydrogen-bond donors (Lipinski definition) is 2. The molecule has 0 aliphatic heterocycles. The summed E-state index contributed by atoms with van der Waals surface area (Å²) in [5.41, 5.74) is -0.382. The van der Waals surface area contributed by atoms with E-state index in [0.717, 1.165) is 30.6 Å². The fourth-order valence-corrected chi connectivity index (χ4v) is 3.16. The fraction of sp³-hybridized carbons (Fsp3) is 0.500. The number of aliphatic hydroxyl groups is 1. The van der Waals surface area contributed by atoms with Crippen molar-refractivity contribution in [2.24, 2.45) is 0 Å². The quantitative estimate of drug-likeness (QED) is 0.822. The first-order chi connectivity index (χ1) is 8.63. The third kappa shape index (κ3) is 3.21. The Morgan fingerprint density at radius 1 is 1.50 bits per heavy atom. The Morgan fingerprint density at radius 3 is 2.78 bits per heavy atom. The van der Waals surface area contributed by atoms with Gasteiger partial charge >= 0.3 is 0 Å². The average Bonchev–Trinajstić information content (AvgIpc) is 2.97. The molecule has 1 amide bonds. The van der Waals surface area contributed by atoms with Crippen LogP contribution in [0.1, 0.15) is 35.4 Å². The summed E-state index contributed by atoms with van der Waals surface area (Å²) in [6, 6.07) is 4.04. The normalized spacial score (nSPS) is 18.3. The maximum absolute atomic E-state index is 11.8. The lowest BCUT2D eigenvalue weighted by Gasteiger charge is -2.27. The Bertz CT molecular complexity index is 444. The standard InChI is InChI=1S/C14H19NO2S/c1-11-4-5-12(18-11)6-7-13(17)15-14(10-16)8-2-3-9-14/h4-7,16H,2-3,8-10H2,1H3,(H,15,17). The maximum Gasteiger partial charge on any atom is 0.244 e. The minimum absolute atomic E-state index is 0.0324. The number of thiophene rings is 1. The number of rotatable bonds is 4. The van der Waals surface area contributed by atoms with E-state index in [4.69, 9.17) is 0 Å². The molecular formula is C14H19NO2S. The van der Waals surface area contributed by atoms with Crippen LogP contribution in [0.25, 0.3) is 6.08 Å². The summed E-state index contributed by atoms with van der Waals surface area (Å²) in [6.45, 7) is 2.08. The molecule has 1 heterocycles. The monoisotopic (exact) mass is 265 g/mol. The molecule has 1 aromatic rings.